The minimum Gasteiger partial charge on any atom is -0.497 e. The lowest BCUT2D eigenvalue weighted by atomic mass is 9.99. The topological polar surface area (TPSA) is 39.7 Å². The number of rotatable bonds is 8. The van der Waals surface area contributed by atoms with Crippen LogP contribution in [0.4, 0.5) is 0 Å². The van der Waals surface area contributed by atoms with E-state index in [1.807, 2.05) is 24.3 Å². The average molecular weight is 279 g/mol. The van der Waals surface area contributed by atoms with Gasteiger partial charge in [0.25, 0.3) is 0 Å². The lowest BCUT2D eigenvalue weighted by molar-refractivity contribution is 0.160. The third-order valence-corrected chi connectivity index (χ3v) is 3.66. The van der Waals surface area contributed by atoms with Gasteiger partial charge in [-0.1, -0.05) is 13.0 Å². The van der Waals surface area contributed by atoms with Crippen molar-refractivity contribution < 1.29 is 14.2 Å². The van der Waals surface area contributed by atoms with Gasteiger partial charge in [-0.05, 0) is 31.5 Å². The van der Waals surface area contributed by atoms with E-state index in [0.29, 0.717) is 18.6 Å². The molecule has 4 nitrogen and oxygen atoms in total. The molecule has 1 N–H and O–H groups in total. The lowest BCUT2D eigenvalue weighted by Gasteiger charge is -2.24. The summed E-state index contributed by atoms with van der Waals surface area (Å²) in [5.41, 5.74) is 0. The van der Waals surface area contributed by atoms with Gasteiger partial charge in [0.05, 0.1) is 13.7 Å². The van der Waals surface area contributed by atoms with Crippen LogP contribution >= 0.6 is 0 Å². The number of hydrogen-bond donors (Lipinski definition) is 1. The first-order chi connectivity index (χ1) is 9.83. The summed E-state index contributed by atoms with van der Waals surface area (Å²) in [4.78, 5) is 0. The maximum atomic E-state index is 5.92. The van der Waals surface area contributed by atoms with Gasteiger partial charge in [-0.15, -0.1) is 0 Å². The van der Waals surface area contributed by atoms with Crippen molar-refractivity contribution in [1.29, 1.82) is 0 Å². The molecule has 1 heterocycles. The van der Waals surface area contributed by atoms with E-state index < -0.39 is 0 Å². The molecule has 0 amide bonds. The first kappa shape index (κ1) is 15.1. The normalized spacial score (nSPS) is 19.8. The van der Waals surface area contributed by atoms with Gasteiger partial charge in [0.1, 0.15) is 18.1 Å². The lowest BCUT2D eigenvalue weighted by Crippen LogP contribution is -2.41. The smallest absolute Gasteiger partial charge is 0.123 e. The Hall–Kier alpha value is -1.26. The summed E-state index contributed by atoms with van der Waals surface area (Å²) in [5.74, 6) is 2.23. The first-order valence-corrected chi connectivity index (χ1v) is 7.41. The molecule has 0 bridgehead atoms. The molecule has 20 heavy (non-hydrogen) atoms. The van der Waals surface area contributed by atoms with E-state index >= 15 is 0 Å². The van der Waals surface area contributed by atoms with Crippen molar-refractivity contribution >= 4 is 0 Å². The van der Waals surface area contributed by atoms with E-state index in [1.54, 1.807) is 7.11 Å². The zero-order valence-electron chi connectivity index (χ0n) is 12.4. The SMILES string of the molecule is CCCNC(COc1cccc(OC)c1)C1CCOC1. The Kier molecular flexibility index (Phi) is 6.15. The first-order valence-electron chi connectivity index (χ1n) is 7.41. The van der Waals surface area contributed by atoms with E-state index in [2.05, 4.69) is 12.2 Å². The van der Waals surface area contributed by atoms with Crippen LogP contribution in [-0.2, 0) is 4.74 Å². The zero-order chi connectivity index (χ0) is 14.2. The van der Waals surface area contributed by atoms with Gasteiger partial charge >= 0.3 is 0 Å². The fraction of sp³-hybridized carbons (Fsp3) is 0.625. The number of nitrogens with one attached hydrogen (secondary N) is 1. The van der Waals surface area contributed by atoms with Crippen LogP contribution in [0.1, 0.15) is 19.8 Å². The summed E-state index contributed by atoms with van der Waals surface area (Å²) in [5, 5.41) is 3.57. The molecule has 2 unspecified atom stereocenters. The molecule has 1 aliphatic heterocycles. The molecule has 0 spiro atoms. The van der Waals surface area contributed by atoms with Gasteiger partial charge in [-0.25, -0.2) is 0 Å². The fourth-order valence-corrected chi connectivity index (χ4v) is 2.44. The molecular formula is C16H25NO3. The van der Waals surface area contributed by atoms with Crippen LogP contribution in [0.25, 0.3) is 0 Å². The van der Waals surface area contributed by atoms with Crippen molar-refractivity contribution in [3.8, 4) is 11.5 Å². The molecule has 0 aliphatic carbocycles. The second-order valence-corrected chi connectivity index (χ2v) is 5.17. The molecule has 1 aromatic carbocycles. The molecule has 1 aromatic rings. The monoisotopic (exact) mass is 279 g/mol. The van der Waals surface area contributed by atoms with Crippen LogP contribution in [0.5, 0.6) is 11.5 Å². The number of methoxy groups -OCH3 is 1. The van der Waals surface area contributed by atoms with Crippen LogP contribution < -0.4 is 14.8 Å². The van der Waals surface area contributed by atoms with E-state index in [4.69, 9.17) is 14.2 Å². The van der Waals surface area contributed by atoms with E-state index in [9.17, 15) is 0 Å². The predicted molar refractivity (Wildman–Crippen MR) is 79.5 cm³/mol. The van der Waals surface area contributed by atoms with Crippen molar-refractivity contribution in [3.05, 3.63) is 24.3 Å². The Balaban J connectivity index is 1.89. The van der Waals surface area contributed by atoms with Gasteiger partial charge in [0.15, 0.2) is 0 Å². The molecule has 4 heteroatoms. The summed E-state index contributed by atoms with van der Waals surface area (Å²) in [6.07, 6.45) is 2.24. The summed E-state index contributed by atoms with van der Waals surface area (Å²) < 4.78 is 16.6. The predicted octanol–water partition coefficient (Wildman–Crippen LogP) is 2.48. The quantitative estimate of drug-likeness (QED) is 0.793. The Morgan fingerprint density at radius 1 is 1.40 bits per heavy atom. The molecule has 112 valence electrons. The Morgan fingerprint density at radius 2 is 2.25 bits per heavy atom. The molecule has 0 radical (unpaired) electrons. The second kappa shape index (κ2) is 8.12. The number of ether oxygens (including phenoxy) is 3. The summed E-state index contributed by atoms with van der Waals surface area (Å²) in [7, 11) is 1.67. The fourth-order valence-electron chi connectivity index (χ4n) is 2.44. The van der Waals surface area contributed by atoms with Crippen LogP contribution in [0.15, 0.2) is 24.3 Å². The second-order valence-electron chi connectivity index (χ2n) is 5.17. The molecule has 2 atom stereocenters. The third-order valence-electron chi connectivity index (χ3n) is 3.66. The van der Waals surface area contributed by atoms with Crippen LogP contribution in [0, 0.1) is 5.92 Å². The summed E-state index contributed by atoms with van der Waals surface area (Å²) >= 11 is 0. The van der Waals surface area contributed by atoms with Crippen molar-refractivity contribution in [1.82, 2.24) is 5.32 Å². The van der Waals surface area contributed by atoms with Gasteiger partial charge in [0, 0.05) is 24.6 Å². The number of hydrogen-bond acceptors (Lipinski definition) is 4. The van der Waals surface area contributed by atoms with Crippen LogP contribution in [-0.4, -0.2) is 39.5 Å². The minimum atomic E-state index is 0.351. The molecule has 0 aromatic heterocycles. The molecule has 1 saturated heterocycles. The van der Waals surface area contributed by atoms with Gasteiger partial charge in [-0.2, -0.15) is 0 Å². The maximum absolute atomic E-state index is 5.92. The molecular weight excluding hydrogens is 254 g/mol. The maximum Gasteiger partial charge on any atom is 0.123 e. The highest BCUT2D eigenvalue weighted by atomic mass is 16.5. The van der Waals surface area contributed by atoms with Gasteiger partial charge in [0.2, 0.25) is 0 Å². The average Bonchev–Trinajstić information content (AvgIpc) is 3.02. The van der Waals surface area contributed by atoms with Crippen LogP contribution in [0.2, 0.25) is 0 Å². The minimum absolute atomic E-state index is 0.351. The van der Waals surface area contributed by atoms with E-state index in [1.165, 1.54) is 0 Å². The van der Waals surface area contributed by atoms with Crippen molar-refractivity contribution in [2.75, 3.05) is 33.5 Å². The van der Waals surface area contributed by atoms with Crippen molar-refractivity contribution in [3.63, 3.8) is 0 Å². The van der Waals surface area contributed by atoms with Crippen molar-refractivity contribution in [2.45, 2.75) is 25.8 Å². The standard InChI is InChI=1S/C16H25NO3/c1-3-8-17-16(13-7-9-19-11-13)12-20-15-6-4-5-14(10-15)18-2/h4-6,10,13,16-17H,3,7-9,11-12H2,1-2H3. The largest absolute Gasteiger partial charge is 0.497 e. The molecule has 1 fully saturated rings. The molecule has 0 saturated carbocycles. The summed E-state index contributed by atoms with van der Waals surface area (Å²) in [6, 6.07) is 8.10. The van der Waals surface area contributed by atoms with E-state index in [-0.39, 0.29) is 0 Å². The highest BCUT2D eigenvalue weighted by molar-refractivity contribution is 5.32. The van der Waals surface area contributed by atoms with Gasteiger partial charge in [-0.3, -0.25) is 0 Å². The Labute approximate surface area is 121 Å². The van der Waals surface area contributed by atoms with Crippen LogP contribution in [0.3, 0.4) is 0 Å². The van der Waals surface area contributed by atoms with Crippen molar-refractivity contribution in [2.24, 2.45) is 5.92 Å². The molecule has 1 aliphatic rings. The number of benzene rings is 1. The van der Waals surface area contributed by atoms with Gasteiger partial charge < -0.3 is 19.5 Å². The third kappa shape index (κ3) is 4.39. The zero-order valence-corrected chi connectivity index (χ0v) is 12.4. The van der Waals surface area contributed by atoms with E-state index in [0.717, 1.165) is 44.1 Å². The summed E-state index contributed by atoms with van der Waals surface area (Å²) in [6.45, 7) is 5.57. The highest BCUT2D eigenvalue weighted by Gasteiger charge is 2.25. The highest BCUT2D eigenvalue weighted by Crippen LogP contribution is 2.21. The Morgan fingerprint density at radius 3 is 2.95 bits per heavy atom. The molecule has 2 rings (SSSR count). The Bertz CT molecular complexity index is 391.